The Bertz CT molecular complexity index is 594. The van der Waals surface area contributed by atoms with E-state index in [1.165, 1.54) is 6.07 Å². The number of methoxy groups -OCH3 is 1. The molecule has 0 fully saturated rings. The Morgan fingerprint density at radius 2 is 2.15 bits per heavy atom. The number of nitrogens with zero attached hydrogens (tertiary/aromatic N) is 2. The van der Waals surface area contributed by atoms with Gasteiger partial charge < -0.3 is 9.30 Å². The van der Waals surface area contributed by atoms with Gasteiger partial charge in [-0.3, -0.25) is 0 Å². The molecule has 0 aliphatic carbocycles. The molecule has 110 valence electrons. The summed E-state index contributed by atoms with van der Waals surface area (Å²) >= 11 is 5.90. The largest absolute Gasteiger partial charge is 0.383 e. The molecular weight excluding hydrogens is 286 g/mol. The molecule has 1 aromatic heterocycles. The number of rotatable bonds is 6. The van der Waals surface area contributed by atoms with Crippen molar-refractivity contribution in [2.24, 2.45) is 0 Å². The molecule has 0 saturated heterocycles. The second-order valence-electron chi connectivity index (χ2n) is 4.68. The van der Waals surface area contributed by atoms with Gasteiger partial charge in [0.2, 0.25) is 0 Å². The molecule has 0 aliphatic heterocycles. The van der Waals surface area contributed by atoms with Gasteiger partial charge in [-0.1, -0.05) is 13.3 Å². The molecular formula is C14H17ClF2N2O. The van der Waals surface area contributed by atoms with E-state index >= 15 is 0 Å². The van der Waals surface area contributed by atoms with Crippen LogP contribution in [0.15, 0.2) is 12.1 Å². The lowest BCUT2D eigenvalue weighted by Crippen LogP contribution is -2.16. The van der Waals surface area contributed by atoms with Crippen LogP contribution in [-0.4, -0.2) is 23.3 Å². The SMILES string of the molecule is CCCC(COC)n1c(CCl)nc2c(F)cc(F)cc21. The third-order valence-corrected chi connectivity index (χ3v) is 3.49. The predicted octanol–water partition coefficient (Wildman–Crippen LogP) is 4.04. The van der Waals surface area contributed by atoms with E-state index in [-0.39, 0.29) is 17.4 Å². The van der Waals surface area contributed by atoms with Gasteiger partial charge in [0.15, 0.2) is 5.82 Å². The molecule has 0 radical (unpaired) electrons. The van der Waals surface area contributed by atoms with E-state index in [4.69, 9.17) is 16.3 Å². The Hall–Kier alpha value is -1.20. The maximum atomic E-state index is 13.8. The first-order chi connectivity index (χ1) is 9.62. The van der Waals surface area contributed by atoms with Crippen LogP contribution in [0.3, 0.4) is 0 Å². The average molecular weight is 303 g/mol. The summed E-state index contributed by atoms with van der Waals surface area (Å²) in [6, 6.07) is 2.09. The minimum atomic E-state index is -0.669. The summed E-state index contributed by atoms with van der Waals surface area (Å²) < 4.78 is 34.3. The topological polar surface area (TPSA) is 27.1 Å². The molecule has 1 atom stereocenters. The molecule has 6 heteroatoms. The summed E-state index contributed by atoms with van der Waals surface area (Å²) in [4.78, 5) is 4.19. The van der Waals surface area contributed by atoms with Crippen LogP contribution in [0, 0.1) is 11.6 Å². The molecule has 1 aromatic carbocycles. The van der Waals surface area contributed by atoms with Gasteiger partial charge in [0, 0.05) is 13.2 Å². The van der Waals surface area contributed by atoms with Crippen molar-refractivity contribution in [3.63, 3.8) is 0 Å². The van der Waals surface area contributed by atoms with E-state index < -0.39 is 11.6 Å². The van der Waals surface area contributed by atoms with Gasteiger partial charge in [-0.2, -0.15) is 0 Å². The molecule has 2 aromatic rings. The zero-order valence-corrected chi connectivity index (χ0v) is 12.3. The van der Waals surface area contributed by atoms with Crippen LogP contribution in [0.25, 0.3) is 11.0 Å². The molecule has 3 nitrogen and oxygen atoms in total. The van der Waals surface area contributed by atoms with Crippen molar-refractivity contribution in [2.75, 3.05) is 13.7 Å². The first-order valence-electron chi connectivity index (χ1n) is 6.53. The second-order valence-corrected chi connectivity index (χ2v) is 4.95. The first kappa shape index (κ1) is 15.2. The van der Waals surface area contributed by atoms with Crippen molar-refractivity contribution in [2.45, 2.75) is 31.7 Å². The number of halogens is 3. The Labute approximate surface area is 121 Å². The third kappa shape index (κ3) is 2.79. The summed E-state index contributed by atoms with van der Waals surface area (Å²) in [6.07, 6.45) is 1.74. The Morgan fingerprint density at radius 3 is 2.75 bits per heavy atom. The second kappa shape index (κ2) is 6.50. The van der Waals surface area contributed by atoms with E-state index in [0.29, 0.717) is 17.9 Å². The van der Waals surface area contributed by atoms with Crippen molar-refractivity contribution in [3.05, 3.63) is 29.6 Å². The van der Waals surface area contributed by atoms with Crippen molar-refractivity contribution in [1.82, 2.24) is 9.55 Å². The number of benzene rings is 1. The highest BCUT2D eigenvalue weighted by molar-refractivity contribution is 6.16. The van der Waals surface area contributed by atoms with Crippen molar-refractivity contribution < 1.29 is 13.5 Å². The summed E-state index contributed by atoms with van der Waals surface area (Å²) in [7, 11) is 1.60. The van der Waals surface area contributed by atoms with Gasteiger partial charge in [-0.15, -0.1) is 11.6 Å². The van der Waals surface area contributed by atoms with Crippen LogP contribution in [0.5, 0.6) is 0 Å². The molecule has 1 unspecified atom stereocenters. The van der Waals surface area contributed by atoms with E-state index in [2.05, 4.69) is 4.98 Å². The summed E-state index contributed by atoms with van der Waals surface area (Å²) in [5.41, 5.74) is 0.577. The maximum absolute atomic E-state index is 13.8. The lowest BCUT2D eigenvalue weighted by atomic mass is 10.1. The molecule has 0 amide bonds. The van der Waals surface area contributed by atoms with Crippen LogP contribution in [0.1, 0.15) is 31.6 Å². The monoisotopic (exact) mass is 302 g/mol. The number of alkyl halides is 1. The fraction of sp³-hybridized carbons (Fsp3) is 0.500. The molecule has 0 aliphatic rings. The van der Waals surface area contributed by atoms with Gasteiger partial charge >= 0.3 is 0 Å². The van der Waals surface area contributed by atoms with Gasteiger partial charge in [0.05, 0.1) is 24.0 Å². The maximum Gasteiger partial charge on any atom is 0.153 e. The normalized spacial score (nSPS) is 13.1. The highest BCUT2D eigenvalue weighted by atomic mass is 35.5. The predicted molar refractivity (Wildman–Crippen MR) is 75.0 cm³/mol. The minimum Gasteiger partial charge on any atom is -0.383 e. The molecule has 0 bridgehead atoms. The fourth-order valence-electron chi connectivity index (χ4n) is 2.48. The van der Waals surface area contributed by atoms with Crippen molar-refractivity contribution in [3.8, 4) is 0 Å². The number of hydrogen-bond donors (Lipinski definition) is 0. The number of aromatic nitrogens is 2. The molecule has 2 rings (SSSR count). The fourth-order valence-corrected chi connectivity index (χ4v) is 2.67. The lowest BCUT2D eigenvalue weighted by Gasteiger charge is -2.20. The number of fused-ring (bicyclic) bond motifs is 1. The quantitative estimate of drug-likeness (QED) is 0.753. The van der Waals surface area contributed by atoms with Crippen LogP contribution >= 0.6 is 11.6 Å². The van der Waals surface area contributed by atoms with E-state index in [0.717, 1.165) is 18.9 Å². The van der Waals surface area contributed by atoms with Gasteiger partial charge in [0.1, 0.15) is 17.2 Å². The van der Waals surface area contributed by atoms with Crippen LogP contribution in [0.4, 0.5) is 8.78 Å². The standard InChI is InChI=1S/C14H17ClF2N2O/c1-3-4-10(8-20-2)19-12-6-9(16)5-11(17)14(12)18-13(19)7-15/h5-6,10H,3-4,7-8H2,1-2H3. The summed E-state index contributed by atoms with van der Waals surface area (Å²) in [5.74, 6) is -0.621. The molecule has 20 heavy (non-hydrogen) atoms. The van der Waals surface area contributed by atoms with E-state index in [9.17, 15) is 8.78 Å². The number of hydrogen-bond acceptors (Lipinski definition) is 2. The smallest absolute Gasteiger partial charge is 0.153 e. The van der Waals surface area contributed by atoms with Crippen LogP contribution in [-0.2, 0) is 10.6 Å². The number of ether oxygens (including phenoxy) is 1. The lowest BCUT2D eigenvalue weighted by molar-refractivity contribution is 0.151. The summed E-state index contributed by atoms with van der Waals surface area (Å²) in [5, 5.41) is 0. The Kier molecular flexibility index (Phi) is 4.94. The minimum absolute atomic E-state index is 0.0371. The van der Waals surface area contributed by atoms with E-state index in [1.54, 1.807) is 11.7 Å². The van der Waals surface area contributed by atoms with Crippen LogP contribution < -0.4 is 0 Å². The average Bonchev–Trinajstić information content (AvgIpc) is 2.77. The molecule has 0 spiro atoms. The van der Waals surface area contributed by atoms with Crippen molar-refractivity contribution in [1.29, 1.82) is 0 Å². The molecule has 0 saturated carbocycles. The Balaban J connectivity index is 2.64. The van der Waals surface area contributed by atoms with Gasteiger partial charge in [-0.25, -0.2) is 13.8 Å². The highest BCUT2D eigenvalue weighted by Crippen LogP contribution is 2.27. The van der Waals surface area contributed by atoms with Crippen LogP contribution in [0.2, 0.25) is 0 Å². The highest BCUT2D eigenvalue weighted by Gasteiger charge is 2.21. The van der Waals surface area contributed by atoms with Gasteiger partial charge in [-0.05, 0) is 12.5 Å². The van der Waals surface area contributed by atoms with Gasteiger partial charge in [0.25, 0.3) is 0 Å². The Morgan fingerprint density at radius 1 is 1.40 bits per heavy atom. The van der Waals surface area contributed by atoms with Crippen molar-refractivity contribution >= 4 is 22.6 Å². The van der Waals surface area contributed by atoms with E-state index in [1.807, 2.05) is 6.92 Å². The summed E-state index contributed by atoms with van der Waals surface area (Å²) in [6.45, 7) is 2.49. The molecule has 0 N–H and O–H groups in total. The first-order valence-corrected chi connectivity index (χ1v) is 7.06. The zero-order valence-electron chi connectivity index (χ0n) is 11.5. The molecule has 1 heterocycles. The number of imidazole rings is 1. The third-order valence-electron chi connectivity index (χ3n) is 3.25. The zero-order chi connectivity index (χ0) is 14.7.